The summed E-state index contributed by atoms with van der Waals surface area (Å²) in [5.74, 6) is 2.06. The summed E-state index contributed by atoms with van der Waals surface area (Å²) in [6.45, 7) is 4.42. The summed E-state index contributed by atoms with van der Waals surface area (Å²) in [4.78, 5) is 2.45. The fraction of sp³-hybridized carbons (Fsp3) is 0.667. The Labute approximate surface area is 137 Å². The average Bonchev–Trinajstić information content (AvgIpc) is 3.02. The summed E-state index contributed by atoms with van der Waals surface area (Å²) in [6, 6.07) is 6.41. The quantitative estimate of drug-likeness (QED) is 0.921. The van der Waals surface area contributed by atoms with E-state index in [1.54, 1.807) is 0 Å². The van der Waals surface area contributed by atoms with E-state index in [1.165, 1.54) is 5.56 Å². The summed E-state index contributed by atoms with van der Waals surface area (Å²) in [5, 5.41) is 10.3. The van der Waals surface area contributed by atoms with Gasteiger partial charge in [0.15, 0.2) is 11.5 Å². The molecule has 5 nitrogen and oxygen atoms in total. The van der Waals surface area contributed by atoms with Crippen LogP contribution in [0.1, 0.15) is 24.8 Å². The van der Waals surface area contributed by atoms with Gasteiger partial charge in [-0.25, -0.2) is 0 Å². The average molecular weight is 319 g/mol. The maximum atomic E-state index is 10.3. The molecule has 2 heterocycles. The molecule has 2 fully saturated rings. The predicted octanol–water partition coefficient (Wildman–Crippen LogP) is 1.82. The van der Waals surface area contributed by atoms with Gasteiger partial charge in [0.05, 0.1) is 19.3 Å². The minimum atomic E-state index is -0.187. The minimum Gasteiger partial charge on any atom is -0.486 e. The molecule has 3 aliphatic rings. The highest BCUT2D eigenvalue weighted by Crippen LogP contribution is 2.37. The van der Waals surface area contributed by atoms with Gasteiger partial charge >= 0.3 is 0 Å². The first-order chi connectivity index (χ1) is 11.3. The van der Waals surface area contributed by atoms with E-state index in [1.807, 2.05) is 12.1 Å². The zero-order valence-corrected chi connectivity index (χ0v) is 13.4. The van der Waals surface area contributed by atoms with Crippen LogP contribution in [-0.2, 0) is 11.3 Å². The molecule has 0 radical (unpaired) electrons. The molecular formula is C18H25NO4. The van der Waals surface area contributed by atoms with Crippen molar-refractivity contribution in [2.24, 2.45) is 5.92 Å². The van der Waals surface area contributed by atoms with E-state index in [4.69, 9.17) is 14.2 Å². The number of hydrogen-bond donors (Lipinski definition) is 1. The normalized spacial score (nSPS) is 31.3. The van der Waals surface area contributed by atoms with E-state index in [0.717, 1.165) is 50.5 Å². The van der Waals surface area contributed by atoms with Crippen LogP contribution in [0.3, 0.4) is 0 Å². The van der Waals surface area contributed by atoms with Crippen molar-refractivity contribution >= 4 is 0 Å². The molecule has 5 heteroatoms. The van der Waals surface area contributed by atoms with Gasteiger partial charge in [0, 0.05) is 30.6 Å². The van der Waals surface area contributed by atoms with Gasteiger partial charge in [0.1, 0.15) is 13.2 Å². The van der Waals surface area contributed by atoms with Crippen LogP contribution in [0.15, 0.2) is 18.2 Å². The topological polar surface area (TPSA) is 51.2 Å². The van der Waals surface area contributed by atoms with Gasteiger partial charge in [0.25, 0.3) is 0 Å². The molecule has 1 aliphatic carbocycles. The molecule has 1 aromatic rings. The second kappa shape index (κ2) is 6.67. The number of nitrogens with zero attached hydrogens (tertiary/aromatic N) is 1. The summed E-state index contributed by atoms with van der Waals surface area (Å²) in [5.41, 5.74) is 1.17. The highest BCUT2D eigenvalue weighted by atomic mass is 16.6. The number of fused-ring (bicyclic) bond motifs is 1. The van der Waals surface area contributed by atoms with Crippen molar-refractivity contribution in [1.29, 1.82) is 0 Å². The highest BCUT2D eigenvalue weighted by Gasteiger charge is 2.37. The Balaban J connectivity index is 1.54. The lowest BCUT2D eigenvalue weighted by Gasteiger charge is -2.40. The number of aliphatic hydroxyl groups excluding tert-OH is 1. The third kappa shape index (κ3) is 3.05. The number of hydrogen-bond acceptors (Lipinski definition) is 5. The Morgan fingerprint density at radius 1 is 1.13 bits per heavy atom. The zero-order valence-electron chi connectivity index (χ0n) is 13.4. The molecule has 4 rings (SSSR count). The summed E-state index contributed by atoms with van der Waals surface area (Å²) >= 11 is 0. The summed E-state index contributed by atoms with van der Waals surface area (Å²) < 4.78 is 17.2. The van der Waals surface area contributed by atoms with Crippen molar-refractivity contribution < 1.29 is 19.3 Å². The van der Waals surface area contributed by atoms with Gasteiger partial charge in [-0.15, -0.1) is 0 Å². The molecule has 0 amide bonds. The number of ether oxygens (including phenoxy) is 3. The monoisotopic (exact) mass is 319 g/mol. The summed E-state index contributed by atoms with van der Waals surface area (Å²) in [7, 11) is 0. The molecule has 0 aromatic heterocycles. The Bertz CT molecular complexity index is 550. The molecule has 23 heavy (non-hydrogen) atoms. The van der Waals surface area contributed by atoms with E-state index >= 15 is 0 Å². The van der Waals surface area contributed by atoms with E-state index in [0.29, 0.717) is 31.8 Å². The SMILES string of the molecule is O[C@@H]1CCC[C@@H]1[C@H]1COCCN1Cc1cccc2c1OCCO2. The molecule has 126 valence electrons. The number of benzene rings is 1. The van der Waals surface area contributed by atoms with Gasteiger partial charge in [-0.2, -0.15) is 0 Å². The lowest BCUT2D eigenvalue weighted by molar-refractivity contribution is -0.0539. The fourth-order valence-electron chi connectivity index (χ4n) is 4.14. The predicted molar refractivity (Wildman–Crippen MR) is 85.8 cm³/mol. The second-order valence-electron chi connectivity index (χ2n) is 6.72. The van der Waals surface area contributed by atoms with Crippen molar-refractivity contribution in [3.05, 3.63) is 23.8 Å². The maximum absolute atomic E-state index is 10.3. The Morgan fingerprint density at radius 3 is 2.91 bits per heavy atom. The molecule has 3 atom stereocenters. The lowest BCUT2D eigenvalue weighted by atomic mass is 9.94. The Hall–Kier alpha value is -1.30. The largest absolute Gasteiger partial charge is 0.486 e. The number of morpholine rings is 1. The highest BCUT2D eigenvalue weighted by molar-refractivity contribution is 5.47. The van der Waals surface area contributed by atoms with Crippen molar-refractivity contribution in [1.82, 2.24) is 4.90 Å². The first kappa shape index (κ1) is 15.2. The second-order valence-corrected chi connectivity index (χ2v) is 6.72. The molecule has 1 aromatic carbocycles. The van der Waals surface area contributed by atoms with Gasteiger partial charge in [-0.3, -0.25) is 4.90 Å². The van der Waals surface area contributed by atoms with Gasteiger partial charge in [-0.05, 0) is 18.9 Å². The van der Waals surface area contributed by atoms with Crippen LogP contribution in [-0.4, -0.2) is 55.1 Å². The molecule has 2 aliphatic heterocycles. The molecule has 1 saturated heterocycles. The maximum Gasteiger partial charge on any atom is 0.165 e. The first-order valence-electron chi connectivity index (χ1n) is 8.70. The van der Waals surface area contributed by atoms with Crippen molar-refractivity contribution in [2.75, 3.05) is 33.0 Å². The minimum absolute atomic E-state index is 0.187. The van der Waals surface area contributed by atoms with Gasteiger partial charge in [-0.1, -0.05) is 18.6 Å². The Morgan fingerprint density at radius 2 is 2.04 bits per heavy atom. The zero-order chi connectivity index (χ0) is 15.6. The molecule has 1 saturated carbocycles. The van der Waals surface area contributed by atoms with Crippen molar-refractivity contribution in [3.63, 3.8) is 0 Å². The van der Waals surface area contributed by atoms with Crippen LogP contribution in [0.25, 0.3) is 0 Å². The lowest BCUT2D eigenvalue weighted by Crippen LogP contribution is -2.50. The number of aliphatic hydroxyl groups is 1. The van der Waals surface area contributed by atoms with E-state index in [9.17, 15) is 5.11 Å². The third-order valence-electron chi connectivity index (χ3n) is 5.33. The van der Waals surface area contributed by atoms with Gasteiger partial charge < -0.3 is 19.3 Å². The van der Waals surface area contributed by atoms with Crippen molar-refractivity contribution in [2.45, 2.75) is 38.0 Å². The van der Waals surface area contributed by atoms with E-state index < -0.39 is 0 Å². The van der Waals surface area contributed by atoms with Gasteiger partial charge in [0.2, 0.25) is 0 Å². The number of para-hydroxylation sites is 1. The van der Waals surface area contributed by atoms with Crippen LogP contribution in [0.5, 0.6) is 11.5 Å². The molecule has 0 unspecified atom stereocenters. The van der Waals surface area contributed by atoms with Crippen LogP contribution >= 0.6 is 0 Å². The fourth-order valence-corrected chi connectivity index (χ4v) is 4.14. The number of rotatable bonds is 3. The molecule has 0 bridgehead atoms. The van der Waals surface area contributed by atoms with Crippen LogP contribution < -0.4 is 9.47 Å². The van der Waals surface area contributed by atoms with E-state index in [-0.39, 0.29) is 6.10 Å². The summed E-state index contributed by atoms with van der Waals surface area (Å²) in [6.07, 6.45) is 2.95. The third-order valence-corrected chi connectivity index (χ3v) is 5.33. The Kier molecular flexibility index (Phi) is 4.42. The van der Waals surface area contributed by atoms with E-state index in [2.05, 4.69) is 11.0 Å². The van der Waals surface area contributed by atoms with Crippen molar-refractivity contribution in [3.8, 4) is 11.5 Å². The first-order valence-corrected chi connectivity index (χ1v) is 8.70. The molecule has 0 spiro atoms. The molecular weight excluding hydrogens is 294 g/mol. The van der Waals surface area contributed by atoms with Crippen LogP contribution in [0.2, 0.25) is 0 Å². The smallest absolute Gasteiger partial charge is 0.165 e. The molecule has 1 N–H and O–H groups in total. The van der Waals surface area contributed by atoms with Crippen LogP contribution in [0.4, 0.5) is 0 Å². The standard InChI is InChI=1S/C18H25NO4/c20-16-5-2-4-14(16)15-12-21-8-7-19(15)11-13-3-1-6-17-18(13)23-10-9-22-17/h1,3,6,14-16,20H,2,4-5,7-12H2/t14-,15-,16-/m1/s1. The van der Waals surface area contributed by atoms with Crippen LogP contribution in [0, 0.1) is 5.92 Å².